The van der Waals surface area contributed by atoms with Crippen molar-refractivity contribution in [2.45, 2.75) is 6.10 Å². The highest BCUT2D eigenvalue weighted by molar-refractivity contribution is 9.10. The Morgan fingerprint density at radius 1 is 0.895 bits per heavy atom. The van der Waals surface area contributed by atoms with Crippen LogP contribution in [0.3, 0.4) is 0 Å². The Morgan fingerprint density at radius 2 is 1.47 bits per heavy atom. The predicted octanol–water partition coefficient (Wildman–Crippen LogP) is 4.09. The molecule has 0 aliphatic carbocycles. The molecule has 1 atom stereocenters. The molecule has 0 aromatic heterocycles. The number of benzene rings is 2. The summed E-state index contributed by atoms with van der Waals surface area (Å²) in [5.41, 5.74) is -1.09. The minimum atomic E-state index is -1.85. The van der Waals surface area contributed by atoms with Crippen molar-refractivity contribution in [2.24, 2.45) is 0 Å². The predicted molar refractivity (Wildman–Crippen MR) is 64.5 cm³/mol. The fourth-order valence-electron chi connectivity index (χ4n) is 1.69. The van der Waals surface area contributed by atoms with Crippen LogP contribution in [0, 0.1) is 23.3 Å². The molecule has 0 aliphatic heterocycles. The number of aliphatic hydroxyl groups is 1. The molecular formula is C13H7BrF4O. The maximum Gasteiger partial charge on any atom is 0.135 e. The molecule has 0 bridgehead atoms. The molecule has 0 heterocycles. The number of halogens is 5. The van der Waals surface area contributed by atoms with Crippen LogP contribution in [0.15, 0.2) is 34.8 Å². The molecule has 1 N–H and O–H groups in total. The average molecular weight is 335 g/mol. The minimum absolute atomic E-state index is 0.299. The number of aliphatic hydroxyl groups excluding tert-OH is 1. The van der Waals surface area contributed by atoms with Gasteiger partial charge in [0.25, 0.3) is 0 Å². The molecule has 2 aromatic rings. The van der Waals surface area contributed by atoms with Gasteiger partial charge in [0.2, 0.25) is 0 Å². The molecular weight excluding hydrogens is 328 g/mol. The Labute approximate surface area is 114 Å². The monoisotopic (exact) mass is 334 g/mol. The molecule has 100 valence electrons. The van der Waals surface area contributed by atoms with E-state index in [1.165, 1.54) is 12.1 Å². The normalized spacial score (nSPS) is 12.5. The van der Waals surface area contributed by atoms with Crippen molar-refractivity contribution in [3.05, 3.63) is 69.2 Å². The van der Waals surface area contributed by atoms with E-state index in [1.54, 1.807) is 0 Å². The summed E-state index contributed by atoms with van der Waals surface area (Å²) in [4.78, 5) is 0. The first-order chi connectivity index (χ1) is 8.90. The van der Waals surface area contributed by atoms with Crippen LogP contribution in [0.2, 0.25) is 0 Å². The Balaban J connectivity index is 2.53. The lowest BCUT2D eigenvalue weighted by molar-refractivity contribution is 0.203. The maximum atomic E-state index is 13.6. The first kappa shape index (κ1) is 14.0. The highest BCUT2D eigenvalue weighted by atomic mass is 79.9. The molecule has 0 fully saturated rings. The molecule has 1 nitrogen and oxygen atoms in total. The van der Waals surface area contributed by atoms with E-state index < -0.39 is 34.9 Å². The van der Waals surface area contributed by atoms with E-state index >= 15 is 0 Å². The van der Waals surface area contributed by atoms with Crippen LogP contribution in [0.25, 0.3) is 0 Å². The molecule has 2 rings (SSSR count). The third kappa shape index (κ3) is 2.79. The molecule has 6 heteroatoms. The topological polar surface area (TPSA) is 20.2 Å². The fourth-order valence-corrected chi connectivity index (χ4v) is 2.03. The smallest absolute Gasteiger partial charge is 0.135 e. The third-order valence-electron chi connectivity index (χ3n) is 2.57. The number of rotatable bonds is 2. The summed E-state index contributed by atoms with van der Waals surface area (Å²) in [5.74, 6) is -4.48. The highest BCUT2D eigenvalue weighted by Crippen LogP contribution is 2.30. The van der Waals surface area contributed by atoms with Crippen molar-refractivity contribution >= 4 is 15.9 Å². The van der Waals surface area contributed by atoms with Crippen LogP contribution in [-0.4, -0.2) is 5.11 Å². The van der Waals surface area contributed by atoms with Crippen LogP contribution < -0.4 is 0 Å². The summed E-state index contributed by atoms with van der Waals surface area (Å²) in [5, 5.41) is 9.86. The summed E-state index contributed by atoms with van der Waals surface area (Å²) < 4.78 is 53.8. The van der Waals surface area contributed by atoms with Gasteiger partial charge in [0, 0.05) is 22.2 Å². The average Bonchev–Trinajstić information content (AvgIpc) is 2.26. The van der Waals surface area contributed by atoms with Gasteiger partial charge in [0.05, 0.1) is 5.56 Å². The zero-order chi connectivity index (χ0) is 14.2. The van der Waals surface area contributed by atoms with Gasteiger partial charge in [-0.1, -0.05) is 22.0 Å². The first-order valence-corrected chi connectivity index (χ1v) is 5.97. The molecule has 0 aliphatic rings. The molecule has 0 spiro atoms. The van der Waals surface area contributed by atoms with Gasteiger partial charge in [-0.25, -0.2) is 17.6 Å². The highest BCUT2D eigenvalue weighted by Gasteiger charge is 2.23. The second-order valence-corrected chi connectivity index (χ2v) is 4.77. The van der Waals surface area contributed by atoms with Crippen LogP contribution in [0.1, 0.15) is 17.2 Å². The van der Waals surface area contributed by atoms with Crippen molar-refractivity contribution in [1.82, 2.24) is 0 Å². The Hall–Kier alpha value is -1.40. The van der Waals surface area contributed by atoms with Gasteiger partial charge in [0.15, 0.2) is 0 Å². The van der Waals surface area contributed by atoms with Crippen LogP contribution >= 0.6 is 15.9 Å². The second-order valence-electron chi connectivity index (χ2n) is 3.85. The van der Waals surface area contributed by atoms with Crippen LogP contribution in [-0.2, 0) is 0 Å². The van der Waals surface area contributed by atoms with Gasteiger partial charge in [-0.05, 0) is 12.1 Å². The Morgan fingerprint density at radius 3 is 2.00 bits per heavy atom. The molecule has 19 heavy (non-hydrogen) atoms. The lowest BCUT2D eigenvalue weighted by Crippen LogP contribution is -2.08. The van der Waals surface area contributed by atoms with E-state index in [0.29, 0.717) is 16.6 Å². The van der Waals surface area contributed by atoms with Gasteiger partial charge in [-0.15, -0.1) is 0 Å². The van der Waals surface area contributed by atoms with Crippen LogP contribution in [0.4, 0.5) is 17.6 Å². The molecule has 0 amide bonds. The summed E-state index contributed by atoms with van der Waals surface area (Å²) in [7, 11) is 0. The molecule has 0 saturated carbocycles. The van der Waals surface area contributed by atoms with Gasteiger partial charge in [-0.3, -0.25) is 0 Å². The van der Waals surface area contributed by atoms with Crippen molar-refractivity contribution in [3.8, 4) is 0 Å². The van der Waals surface area contributed by atoms with Crippen molar-refractivity contribution in [2.75, 3.05) is 0 Å². The van der Waals surface area contributed by atoms with Crippen molar-refractivity contribution in [3.63, 3.8) is 0 Å². The van der Waals surface area contributed by atoms with Gasteiger partial charge >= 0.3 is 0 Å². The van der Waals surface area contributed by atoms with E-state index in [9.17, 15) is 22.7 Å². The van der Waals surface area contributed by atoms with E-state index in [2.05, 4.69) is 15.9 Å². The third-order valence-corrected chi connectivity index (χ3v) is 3.07. The Bertz CT molecular complexity index is 607. The lowest BCUT2D eigenvalue weighted by Gasteiger charge is -2.14. The van der Waals surface area contributed by atoms with Gasteiger partial charge in [-0.2, -0.15) is 0 Å². The summed E-state index contributed by atoms with van der Waals surface area (Å²) in [6, 6.07) is 4.52. The first-order valence-electron chi connectivity index (χ1n) is 5.17. The van der Waals surface area contributed by atoms with Crippen molar-refractivity contribution < 1.29 is 22.7 Å². The van der Waals surface area contributed by atoms with E-state index in [0.717, 1.165) is 6.07 Å². The van der Waals surface area contributed by atoms with E-state index in [1.807, 2.05) is 0 Å². The SMILES string of the molecule is OC(c1ccc(Br)cc1F)c1c(F)cc(F)cc1F. The Kier molecular flexibility index (Phi) is 3.91. The molecule has 0 saturated heterocycles. The zero-order valence-electron chi connectivity index (χ0n) is 9.30. The summed E-state index contributed by atoms with van der Waals surface area (Å²) in [6.45, 7) is 0. The van der Waals surface area contributed by atoms with Gasteiger partial charge < -0.3 is 5.11 Å². The number of hydrogen-bond donors (Lipinski definition) is 1. The number of hydrogen-bond acceptors (Lipinski definition) is 1. The zero-order valence-corrected chi connectivity index (χ0v) is 10.9. The van der Waals surface area contributed by atoms with E-state index in [4.69, 9.17) is 0 Å². The van der Waals surface area contributed by atoms with Gasteiger partial charge in [0.1, 0.15) is 29.4 Å². The minimum Gasteiger partial charge on any atom is -0.383 e. The van der Waals surface area contributed by atoms with E-state index in [-0.39, 0.29) is 5.56 Å². The summed E-state index contributed by atoms with van der Waals surface area (Å²) in [6.07, 6.45) is -1.85. The largest absolute Gasteiger partial charge is 0.383 e. The molecule has 0 radical (unpaired) electrons. The maximum absolute atomic E-state index is 13.6. The van der Waals surface area contributed by atoms with Crippen molar-refractivity contribution in [1.29, 1.82) is 0 Å². The standard InChI is InChI=1S/C13H7BrF4O/c14-6-1-2-8(9(16)3-6)13(19)12-10(17)4-7(15)5-11(12)18/h1-5,13,19H. The molecule has 1 unspecified atom stereocenters. The summed E-state index contributed by atoms with van der Waals surface area (Å²) >= 11 is 3.02. The fraction of sp³-hybridized carbons (Fsp3) is 0.0769. The quantitative estimate of drug-likeness (QED) is 0.820. The van der Waals surface area contributed by atoms with Crippen LogP contribution in [0.5, 0.6) is 0 Å². The second kappa shape index (κ2) is 5.30. The molecule has 2 aromatic carbocycles. The lowest BCUT2D eigenvalue weighted by atomic mass is 10.00.